The summed E-state index contributed by atoms with van der Waals surface area (Å²) in [7, 11) is 0. The van der Waals surface area contributed by atoms with E-state index in [4.69, 9.17) is 10.00 Å². The molecule has 0 aliphatic rings. The molecule has 0 amide bonds. The van der Waals surface area contributed by atoms with E-state index in [1.54, 1.807) is 19.1 Å². The second kappa shape index (κ2) is 4.67. The molecule has 90 valence electrons. The highest BCUT2D eigenvalue weighted by molar-refractivity contribution is 5.91. The van der Waals surface area contributed by atoms with Crippen LogP contribution in [0.5, 0.6) is 0 Å². The van der Waals surface area contributed by atoms with Crippen molar-refractivity contribution >= 4 is 16.9 Å². The molecule has 0 aliphatic heterocycles. The fourth-order valence-corrected chi connectivity index (χ4v) is 1.53. The maximum Gasteiger partial charge on any atom is 0.362 e. The number of nitrogens with one attached hydrogen (secondary N) is 1. The highest BCUT2D eigenvalue weighted by Gasteiger charge is 2.16. The predicted molar refractivity (Wildman–Crippen MR) is 63.0 cm³/mol. The molecule has 0 aliphatic carbocycles. The van der Waals surface area contributed by atoms with Crippen molar-refractivity contribution in [3.05, 3.63) is 39.7 Å². The van der Waals surface area contributed by atoms with Crippen LogP contribution in [0.3, 0.4) is 0 Å². The lowest BCUT2D eigenvalue weighted by molar-refractivity contribution is 0.0517. The average molecular weight is 243 g/mol. The van der Waals surface area contributed by atoms with E-state index in [-0.39, 0.29) is 17.7 Å². The van der Waals surface area contributed by atoms with Crippen LogP contribution < -0.4 is 5.43 Å². The zero-order valence-electron chi connectivity index (χ0n) is 9.56. The summed E-state index contributed by atoms with van der Waals surface area (Å²) in [6.07, 6.45) is 0. The Hall–Kier alpha value is -2.68. The number of rotatable bonds is 2. The van der Waals surface area contributed by atoms with Gasteiger partial charge in [-0.25, -0.2) is 4.79 Å². The molecule has 2 aromatic rings. The number of aromatic amines is 1. The maximum atomic E-state index is 12.0. The summed E-state index contributed by atoms with van der Waals surface area (Å²) in [5.41, 5.74) is -0.0419. The number of hydrogen-bond acceptors (Lipinski definition) is 5. The first-order chi connectivity index (χ1) is 8.67. The molecule has 6 heteroatoms. The van der Waals surface area contributed by atoms with Crippen molar-refractivity contribution in [2.24, 2.45) is 0 Å². The van der Waals surface area contributed by atoms with Gasteiger partial charge in [-0.15, -0.1) is 0 Å². The molecule has 0 saturated heterocycles. The van der Waals surface area contributed by atoms with Crippen LogP contribution in [0.1, 0.15) is 23.0 Å². The lowest BCUT2D eigenvalue weighted by atomic mass is 10.1. The number of H-pyrrole nitrogens is 1. The Balaban J connectivity index is 2.67. The first-order valence-electron chi connectivity index (χ1n) is 5.27. The molecule has 0 spiro atoms. The van der Waals surface area contributed by atoms with Crippen LogP contribution in [0.15, 0.2) is 23.0 Å². The third-order valence-corrected chi connectivity index (χ3v) is 2.37. The largest absolute Gasteiger partial charge is 0.461 e. The highest BCUT2D eigenvalue weighted by Crippen LogP contribution is 2.09. The molecule has 0 saturated carbocycles. The van der Waals surface area contributed by atoms with Crippen molar-refractivity contribution in [2.45, 2.75) is 6.92 Å². The summed E-state index contributed by atoms with van der Waals surface area (Å²) in [5, 5.41) is 15.3. The summed E-state index contributed by atoms with van der Waals surface area (Å²) >= 11 is 0. The zero-order valence-corrected chi connectivity index (χ0v) is 9.56. The van der Waals surface area contributed by atoms with Crippen LogP contribution in [0, 0.1) is 11.3 Å². The first kappa shape index (κ1) is 11.8. The van der Waals surface area contributed by atoms with Gasteiger partial charge in [0.1, 0.15) is 0 Å². The SMILES string of the molecule is CCOC(=O)c1n[nH]c2ccc(C#N)cc2c1=O. The predicted octanol–water partition coefficient (Wildman–Crippen LogP) is 0.971. The summed E-state index contributed by atoms with van der Waals surface area (Å²) < 4.78 is 4.73. The topological polar surface area (TPSA) is 95.8 Å². The number of carbonyl (C=O) groups is 1. The van der Waals surface area contributed by atoms with Gasteiger partial charge in [0.25, 0.3) is 0 Å². The number of carbonyl (C=O) groups excluding carboxylic acids is 1. The zero-order chi connectivity index (χ0) is 13.1. The number of nitriles is 1. The van der Waals surface area contributed by atoms with Crippen molar-refractivity contribution in [3.63, 3.8) is 0 Å². The molecule has 2 rings (SSSR count). The van der Waals surface area contributed by atoms with Gasteiger partial charge in [0.15, 0.2) is 0 Å². The Morgan fingerprint density at radius 3 is 3.00 bits per heavy atom. The number of esters is 1. The summed E-state index contributed by atoms with van der Waals surface area (Å²) in [6.45, 7) is 1.80. The monoisotopic (exact) mass is 243 g/mol. The minimum atomic E-state index is -0.775. The van der Waals surface area contributed by atoms with Crippen molar-refractivity contribution in [1.82, 2.24) is 10.2 Å². The van der Waals surface area contributed by atoms with E-state index in [0.717, 1.165) is 0 Å². The molecule has 0 atom stereocenters. The van der Waals surface area contributed by atoms with Gasteiger partial charge in [0.05, 0.1) is 29.1 Å². The van der Waals surface area contributed by atoms with Gasteiger partial charge in [-0.05, 0) is 25.1 Å². The number of ether oxygens (including phenoxy) is 1. The molecule has 1 heterocycles. The Morgan fingerprint density at radius 1 is 1.56 bits per heavy atom. The van der Waals surface area contributed by atoms with Crippen LogP contribution in [-0.2, 0) is 4.74 Å². The molecule has 1 aromatic carbocycles. The van der Waals surface area contributed by atoms with E-state index in [0.29, 0.717) is 11.1 Å². The molecule has 0 unspecified atom stereocenters. The van der Waals surface area contributed by atoms with E-state index in [1.807, 2.05) is 6.07 Å². The molecule has 18 heavy (non-hydrogen) atoms. The Bertz CT molecular complexity index is 713. The second-order valence-corrected chi connectivity index (χ2v) is 3.49. The number of hydrogen-bond donors (Lipinski definition) is 1. The third kappa shape index (κ3) is 1.94. The van der Waals surface area contributed by atoms with E-state index in [1.165, 1.54) is 6.07 Å². The Kier molecular flexibility index (Phi) is 3.06. The van der Waals surface area contributed by atoms with Crippen LogP contribution >= 0.6 is 0 Å². The van der Waals surface area contributed by atoms with Crippen LogP contribution in [0.4, 0.5) is 0 Å². The minimum absolute atomic E-state index is 0.163. The van der Waals surface area contributed by atoms with Crippen molar-refractivity contribution < 1.29 is 9.53 Å². The number of nitrogens with zero attached hydrogens (tertiary/aromatic N) is 2. The lowest BCUT2D eigenvalue weighted by Crippen LogP contribution is -2.21. The van der Waals surface area contributed by atoms with Gasteiger partial charge in [-0.2, -0.15) is 10.4 Å². The van der Waals surface area contributed by atoms with E-state index >= 15 is 0 Å². The van der Waals surface area contributed by atoms with Gasteiger partial charge in [0.2, 0.25) is 11.1 Å². The van der Waals surface area contributed by atoms with E-state index < -0.39 is 11.4 Å². The molecular weight excluding hydrogens is 234 g/mol. The molecular formula is C12H9N3O3. The molecule has 0 bridgehead atoms. The molecule has 0 fully saturated rings. The Labute approximate surface area is 102 Å². The third-order valence-electron chi connectivity index (χ3n) is 2.37. The van der Waals surface area contributed by atoms with E-state index in [9.17, 15) is 9.59 Å². The van der Waals surface area contributed by atoms with Gasteiger partial charge in [-0.1, -0.05) is 0 Å². The van der Waals surface area contributed by atoms with Crippen molar-refractivity contribution in [1.29, 1.82) is 5.26 Å². The standard InChI is InChI=1S/C12H9N3O3/c1-2-18-12(17)10-11(16)8-5-7(6-13)3-4-9(8)14-15-10/h3-5H,2H2,1H3,(H,14,16). The smallest absolute Gasteiger partial charge is 0.362 e. The minimum Gasteiger partial charge on any atom is -0.461 e. The van der Waals surface area contributed by atoms with E-state index in [2.05, 4.69) is 10.2 Å². The van der Waals surface area contributed by atoms with Crippen LogP contribution in [0.2, 0.25) is 0 Å². The summed E-state index contributed by atoms with van der Waals surface area (Å²) in [5.74, 6) is -0.775. The second-order valence-electron chi connectivity index (χ2n) is 3.49. The first-order valence-corrected chi connectivity index (χ1v) is 5.27. The van der Waals surface area contributed by atoms with Crippen LogP contribution in [-0.4, -0.2) is 22.8 Å². The van der Waals surface area contributed by atoms with Gasteiger partial charge in [0, 0.05) is 0 Å². The fraction of sp³-hybridized carbons (Fsp3) is 0.167. The highest BCUT2D eigenvalue weighted by atomic mass is 16.5. The van der Waals surface area contributed by atoms with Gasteiger partial charge < -0.3 is 4.74 Å². The molecule has 1 N–H and O–H groups in total. The molecule has 0 radical (unpaired) electrons. The average Bonchev–Trinajstić information content (AvgIpc) is 2.39. The van der Waals surface area contributed by atoms with Gasteiger partial charge >= 0.3 is 5.97 Å². The summed E-state index contributed by atoms with van der Waals surface area (Å²) in [4.78, 5) is 23.5. The number of aromatic nitrogens is 2. The normalized spacial score (nSPS) is 10.0. The Morgan fingerprint density at radius 2 is 2.33 bits per heavy atom. The van der Waals surface area contributed by atoms with Gasteiger partial charge in [-0.3, -0.25) is 9.89 Å². The lowest BCUT2D eigenvalue weighted by Gasteiger charge is -2.02. The van der Waals surface area contributed by atoms with Crippen molar-refractivity contribution in [2.75, 3.05) is 6.61 Å². The van der Waals surface area contributed by atoms with Crippen LogP contribution in [0.25, 0.3) is 10.9 Å². The van der Waals surface area contributed by atoms with Crippen molar-refractivity contribution in [3.8, 4) is 6.07 Å². The number of fused-ring (bicyclic) bond motifs is 1. The summed E-state index contributed by atoms with van der Waals surface area (Å²) in [6, 6.07) is 6.47. The fourth-order valence-electron chi connectivity index (χ4n) is 1.53. The maximum absolute atomic E-state index is 12.0. The quantitative estimate of drug-likeness (QED) is 0.793. The number of benzene rings is 1. The molecule has 6 nitrogen and oxygen atoms in total. The molecule has 1 aromatic heterocycles.